The summed E-state index contributed by atoms with van der Waals surface area (Å²) in [7, 11) is 1.55. The van der Waals surface area contributed by atoms with Gasteiger partial charge in [-0.25, -0.2) is 5.06 Å². The maximum absolute atomic E-state index is 11.4. The lowest BCUT2D eigenvalue weighted by molar-refractivity contribution is -0.171. The van der Waals surface area contributed by atoms with Crippen molar-refractivity contribution in [3.63, 3.8) is 0 Å². The molecule has 1 rings (SSSR count). The van der Waals surface area contributed by atoms with E-state index >= 15 is 0 Å². The van der Waals surface area contributed by atoms with Crippen LogP contribution < -0.4 is 5.73 Å². The van der Waals surface area contributed by atoms with Gasteiger partial charge in [0.25, 0.3) is 0 Å². The van der Waals surface area contributed by atoms with Gasteiger partial charge < -0.3 is 10.5 Å². The Morgan fingerprint density at radius 2 is 2.54 bits per heavy atom. The highest BCUT2D eigenvalue weighted by atomic mass is 16.7. The molecule has 1 unspecified atom stereocenters. The summed E-state index contributed by atoms with van der Waals surface area (Å²) >= 11 is 0. The molecule has 0 radical (unpaired) electrons. The number of carbonyl (C=O) groups is 1. The maximum atomic E-state index is 11.4. The molecule has 0 spiro atoms. The fourth-order valence-corrected chi connectivity index (χ4v) is 1.20. The second-order valence-electron chi connectivity index (χ2n) is 2.98. The first-order valence-electron chi connectivity index (χ1n) is 4.44. The Labute approximate surface area is 77.7 Å². The number of ether oxygens (including phenoxy) is 1. The molecule has 76 valence electrons. The minimum atomic E-state index is -0.198. The molecule has 0 aliphatic carbocycles. The highest BCUT2D eigenvalue weighted by molar-refractivity contribution is 5.75. The normalized spacial score (nSPS) is 19.1. The van der Waals surface area contributed by atoms with Crippen LogP contribution in [0.1, 0.15) is 12.8 Å². The molecule has 1 atom stereocenters. The van der Waals surface area contributed by atoms with E-state index in [0.29, 0.717) is 26.1 Å². The molecule has 1 aliphatic rings. The predicted octanol–water partition coefficient (Wildman–Crippen LogP) is -0.486. The van der Waals surface area contributed by atoms with Crippen molar-refractivity contribution in [2.24, 2.45) is 5.73 Å². The van der Waals surface area contributed by atoms with Gasteiger partial charge in [0.05, 0.1) is 25.7 Å². The lowest BCUT2D eigenvalue weighted by Crippen LogP contribution is -2.33. The molecule has 13 heavy (non-hydrogen) atoms. The molecule has 0 saturated carbocycles. The Balaban J connectivity index is 2.30. The van der Waals surface area contributed by atoms with Crippen LogP contribution in [0.2, 0.25) is 0 Å². The van der Waals surface area contributed by atoms with Crippen LogP contribution in [0.25, 0.3) is 0 Å². The van der Waals surface area contributed by atoms with Crippen LogP contribution in [0, 0.1) is 0 Å². The van der Waals surface area contributed by atoms with Crippen molar-refractivity contribution in [3.05, 3.63) is 0 Å². The van der Waals surface area contributed by atoms with E-state index in [2.05, 4.69) is 0 Å². The summed E-state index contributed by atoms with van der Waals surface area (Å²) in [5.41, 5.74) is 5.39. The van der Waals surface area contributed by atoms with E-state index in [1.54, 1.807) is 7.11 Å². The Morgan fingerprint density at radius 3 is 3.00 bits per heavy atom. The number of carbonyl (C=O) groups excluding carboxylic acids is 1. The summed E-state index contributed by atoms with van der Waals surface area (Å²) in [6.07, 6.45) is 1.01. The SMILES string of the molecule is COC(CN)CC(=O)N1CCCO1. The maximum Gasteiger partial charge on any atom is 0.248 e. The third-order valence-electron chi connectivity index (χ3n) is 2.03. The van der Waals surface area contributed by atoms with E-state index in [0.717, 1.165) is 6.42 Å². The Morgan fingerprint density at radius 1 is 1.77 bits per heavy atom. The second kappa shape index (κ2) is 5.16. The molecule has 1 fully saturated rings. The lowest BCUT2D eigenvalue weighted by atomic mass is 10.2. The van der Waals surface area contributed by atoms with Crippen LogP contribution in [0.4, 0.5) is 0 Å². The van der Waals surface area contributed by atoms with Gasteiger partial charge in [0.2, 0.25) is 5.91 Å². The van der Waals surface area contributed by atoms with Gasteiger partial charge in [-0.2, -0.15) is 0 Å². The Kier molecular flexibility index (Phi) is 4.14. The van der Waals surface area contributed by atoms with E-state index in [4.69, 9.17) is 15.3 Å². The van der Waals surface area contributed by atoms with Crippen molar-refractivity contribution < 1.29 is 14.4 Å². The van der Waals surface area contributed by atoms with Crippen LogP contribution in [-0.2, 0) is 14.4 Å². The fourth-order valence-electron chi connectivity index (χ4n) is 1.20. The van der Waals surface area contributed by atoms with Crippen molar-refractivity contribution in [2.45, 2.75) is 18.9 Å². The van der Waals surface area contributed by atoms with Crippen molar-refractivity contribution in [1.82, 2.24) is 5.06 Å². The van der Waals surface area contributed by atoms with Gasteiger partial charge in [-0.3, -0.25) is 9.63 Å². The number of hydrogen-bond donors (Lipinski definition) is 1. The second-order valence-corrected chi connectivity index (χ2v) is 2.98. The van der Waals surface area contributed by atoms with E-state index in [1.165, 1.54) is 5.06 Å². The largest absolute Gasteiger partial charge is 0.380 e. The zero-order valence-corrected chi connectivity index (χ0v) is 7.86. The van der Waals surface area contributed by atoms with E-state index in [1.807, 2.05) is 0 Å². The highest BCUT2D eigenvalue weighted by Gasteiger charge is 2.21. The van der Waals surface area contributed by atoms with Crippen LogP contribution in [0.5, 0.6) is 0 Å². The molecule has 1 amide bonds. The number of nitrogens with zero attached hydrogens (tertiary/aromatic N) is 1. The number of hydroxylamine groups is 2. The molecule has 0 bridgehead atoms. The molecule has 5 nitrogen and oxygen atoms in total. The molecule has 0 aromatic rings. The number of hydrogen-bond acceptors (Lipinski definition) is 4. The fraction of sp³-hybridized carbons (Fsp3) is 0.875. The van der Waals surface area contributed by atoms with Gasteiger partial charge in [0, 0.05) is 13.7 Å². The van der Waals surface area contributed by atoms with Gasteiger partial charge >= 0.3 is 0 Å². The lowest BCUT2D eigenvalue weighted by Gasteiger charge is -2.17. The van der Waals surface area contributed by atoms with Crippen LogP contribution in [-0.4, -0.2) is 43.9 Å². The van der Waals surface area contributed by atoms with Crippen molar-refractivity contribution in [2.75, 3.05) is 26.8 Å². The van der Waals surface area contributed by atoms with Crippen LogP contribution >= 0.6 is 0 Å². The smallest absolute Gasteiger partial charge is 0.248 e. The molecule has 1 heterocycles. The number of nitrogens with two attached hydrogens (primary N) is 1. The zero-order chi connectivity index (χ0) is 9.68. The Bertz CT molecular complexity index is 165. The minimum absolute atomic E-state index is 0.0465. The minimum Gasteiger partial charge on any atom is -0.380 e. The number of amides is 1. The standard InChI is InChI=1S/C8H16N2O3/c1-12-7(6-9)5-8(11)10-3-2-4-13-10/h7H,2-6,9H2,1H3. The third kappa shape index (κ3) is 2.95. The topological polar surface area (TPSA) is 64.8 Å². The molecule has 5 heteroatoms. The molecule has 1 aliphatic heterocycles. The predicted molar refractivity (Wildman–Crippen MR) is 46.8 cm³/mol. The van der Waals surface area contributed by atoms with Crippen molar-refractivity contribution in [3.8, 4) is 0 Å². The summed E-state index contributed by atoms with van der Waals surface area (Å²) in [6.45, 7) is 1.67. The number of methoxy groups -OCH3 is 1. The van der Waals surface area contributed by atoms with Gasteiger partial charge in [-0.1, -0.05) is 0 Å². The summed E-state index contributed by atoms with van der Waals surface area (Å²) in [5, 5.41) is 1.39. The molecular formula is C8H16N2O3. The molecular weight excluding hydrogens is 172 g/mol. The van der Waals surface area contributed by atoms with E-state index in [-0.39, 0.29) is 12.0 Å². The number of rotatable bonds is 4. The quantitative estimate of drug-likeness (QED) is 0.647. The first-order chi connectivity index (χ1) is 6.27. The summed E-state index contributed by atoms with van der Waals surface area (Å²) in [5.74, 6) is -0.0465. The third-order valence-corrected chi connectivity index (χ3v) is 2.03. The van der Waals surface area contributed by atoms with Crippen LogP contribution in [0.15, 0.2) is 0 Å². The zero-order valence-electron chi connectivity index (χ0n) is 7.86. The highest BCUT2D eigenvalue weighted by Crippen LogP contribution is 2.08. The summed E-state index contributed by atoms with van der Waals surface area (Å²) < 4.78 is 5.00. The molecule has 0 aromatic heterocycles. The first kappa shape index (κ1) is 10.4. The van der Waals surface area contributed by atoms with E-state index < -0.39 is 0 Å². The Hall–Kier alpha value is -0.650. The average Bonchev–Trinajstić information content (AvgIpc) is 2.66. The molecule has 0 aromatic carbocycles. The van der Waals surface area contributed by atoms with Gasteiger partial charge in [0.1, 0.15) is 0 Å². The van der Waals surface area contributed by atoms with Gasteiger partial charge in [-0.15, -0.1) is 0 Å². The monoisotopic (exact) mass is 188 g/mol. The summed E-state index contributed by atoms with van der Waals surface area (Å²) in [4.78, 5) is 16.5. The average molecular weight is 188 g/mol. The van der Waals surface area contributed by atoms with Crippen molar-refractivity contribution in [1.29, 1.82) is 0 Å². The van der Waals surface area contributed by atoms with Gasteiger partial charge in [0.15, 0.2) is 0 Å². The molecule has 2 N–H and O–H groups in total. The molecule has 1 saturated heterocycles. The van der Waals surface area contributed by atoms with Crippen LogP contribution in [0.3, 0.4) is 0 Å². The van der Waals surface area contributed by atoms with Gasteiger partial charge in [-0.05, 0) is 6.42 Å². The van der Waals surface area contributed by atoms with Crippen molar-refractivity contribution >= 4 is 5.91 Å². The van der Waals surface area contributed by atoms with E-state index in [9.17, 15) is 4.79 Å². The summed E-state index contributed by atoms with van der Waals surface area (Å²) in [6, 6.07) is 0. The first-order valence-corrected chi connectivity index (χ1v) is 4.44.